The molecule has 0 amide bonds. The van der Waals surface area contributed by atoms with Gasteiger partial charge in [-0.3, -0.25) is 0 Å². The van der Waals surface area contributed by atoms with Crippen LogP contribution in [0, 0.1) is 3.57 Å². The van der Waals surface area contributed by atoms with Gasteiger partial charge in [0.1, 0.15) is 5.75 Å². The van der Waals surface area contributed by atoms with Gasteiger partial charge in [0.25, 0.3) is 0 Å². The quantitative estimate of drug-likeness (QED) is 0.446. The maximum Gasteiger partial charge on any atom is 0.127 e. The van der Waals surface area contributed by atoms with Crippen LogP contribution in [-0.2, 0) is 6.42 Å². The van der Waals surface area contributed by atoms with Crippen LogP contribution in [0.25, 0.3) is 0 Å². The third-order valence-corrected chi connectivity index (χ3v) is 5.14. The summed E-state index contributed by atoms with van der Waals surface area (Å²) in [5.74, 6) is 0.961. The molecule has 2 aromatic carbocycles. The molecule has 0 saturated heterocycles. The van der Waals surface area contributed by atoms with Gasteiger partial charge in [0.05, 0.1) is 12.0 Å². The first kappa shape index (κ1) is 13.7. The number of ether oxygens (including phenoxy) is 1. The van der Waals surface area contributed by atoms with Crippen LogP contribution in [0.1, 0.15) is 22.1 Å². The van der Waals surface area contributed by atoms with E-state index in [1.54, 1.807) is 0 Å². The van der Waals surface area contributed by atoms with Gasteiger partial charge in [-0.05, 0) is 51.9 Å². The molecule has 0 aliphatic carbocycles. The number of rotatable bonds is 2. The van der Waals surface area contributed by atoms with Crippen molar-refractivity contribution >= 4 is 50.1 Å². The summed E-state index contributed by atoms with van der Waals surface area (Å²) in [6.45, 7) is 0.744. The van der Waals surface area contributed by atoms with Crippen LogP contribution in [0.15, 0.2) is 40.9 Å². The molecule has 0 bridgehead atoms. The molecule has 0 N–H and O–H groups in total. The van der Waals surface area contributed by atoms with E-state index in [2.05, 4.69) is 62.8 Å². The third kappa shape index (κ3) is 2.65. The third-order valence-electron chi connectivity index (χ3n) is 3.23. The standard InChI is InChI=1S/C15H11BrClIO/c16-10-7-9-5-6-19-15(9)12(8-10)14(17)11-3-1-2-4-13(11)18/h1-4,7-8,14H,5-6H2. The molecule has 0 radical (unpaired) electrons. The summed E-state index contributed by atoms with van der Waals surface area (Å²) in [5.41, 5.74) is 3.41. The van der Waals surface area contributed by atoms with Crippen LogP contribution in [0.2, 0.25) is 0 Å². The second-order valence-corrected chi connectivity index (χ2v) is 6.98. The van der Waals surface area contributed by atoms with Gasteiger partial charge in [0, 0.05) is 20.0 Å². The first-order valence-electron chi connectivity index (χ1n) is 6.00. The van der Waals surface area contributed by atoms with Gasteiger partial charge in [0.15, 0.2) is 0 Å². The second kappa shape index (κ2) is 5.62. The number of fused-ring (bicyclic) bond motifs is 1. The number of alkyl halides is 1. The molecule has 1 aliphatic heterocycles. The molecule has 2 aromatic rings. The van der Waals surface area contributed by atoms with Crippen molar-refractivity contribution in [1.82, 2.24) is 0 Å². The van der Waals surface area contributed by atoms with E-state index in [-0.39, 0.29) is 5.38 Å². The first-order valence-corrected chi connectivity index (χ1v) is 8.31. The minimum Gasteiger partial charge on any atom is -0.493 e. The monoisotopic (exact) mass is 448 g/mol. The molecular weight excluding hydrogens is 438 g/mol. The van der Waals surface area contributed by atoms with E-state index >= 15 is 0 Å². The summed E-state index contributed by atoms with van der Waals surface area (Å²) in [7, 11) is 0. The van der Waals surface area contributed by atoms with E-state index in [0.29, 0.717) is 0 Å². The van der Waals surface area contributed by atoms with Crippen molar-refractivity contribution in [3.05, 3.63) is 61.1 Å². The number of halogens is 3. The molecule has 0 saturated carbocycles. The van der Waals surface area contributed by atoms with Crippen LogP contribution in [0.3, 0.4) is 0 Å². The summed E-state index contributed by atoms with van der Waals surface area (Å²) in [4.78, 5) is 0. The summed E-state index contributed by atoms with van der Waals surface area (Å²) < 4.78 is 7.99. The Morgan fingerprint density at radius 3 is 2.79 bits per heavy atom. The predicted octanol–water partition coefficient (Wildman–Crippen LogP) is 5.32. The summed E-state index contributed by atoms with van der Waals surface area (Å²) >= 11 is 12.6. The maximum atomic E-state index is 6.69. The molecule has 98 valence electrons. The van der Waals surface area contributed by atoms with Crippen molar-refractivity contribution in [2.45, 2.75) is 11.8 Å². The lowest BCUT2D eigenvalue weighted by atomic mass is 10.0. The molecule has 1 heterocycles. The lowest BCUT2D eigenvalue weighted by molar-refractivity contribution is 0.353. The zero-order chi connectivity index (χ0) is 13.4. The Kier molecular flexibility index (Phi) is 4.06. The summed E-state index contributed by atoms with van der Waals surface area (Å²) in [6.07, 6.45) is 0.956. The van der Waals surface area contributed by atoms with Crippen LogP contribution in [-0.4, -0.2) is 6.61 Å². The molecule has 1 atom stereocenters. The van der Waals surface area contributed by atoms with Gasteiger partial charge in [-0.2, -0.15) is 0 Å². The Labute approximate surface area is 139 Å². The predicted molar refractivity (Wildman–Crippen MR) is 90.2 cm³/mol. The van der Waals surface area contributed by atoms with Gasteiger partial charge in [0.2, 0.25) is 0 Å². The topological polar surface area (TPSA) is 9.23 Å². The fourth-order valence-electron chi connectivity index (χ4n) is 2.33. The molecule has 1 nitrogen and oxygen atoms in total. The van der Waals surface area contributed by atoms with E-state index in [9.17, 15) is 0 Å². The van der Waals surface area contributed by atoms with Crippen molar-refractivity contribution in [1.29, 1.82) is 0 Å². The molecule has 0 spiro atoms. The minimum atomic E-state index is -0.183. The lowest BCUT2D eigenvalue weighted by Crippen LogP contribution is -1.99. The normalized spacial score (nSPS) is 14.9. The summed E-state index contributed by atoms with van der Waals surface area (Å²) in [6, 6.07) is 12.4. The van der Waals surface area contributed by atoms with Gasteiger partial charge in [-0.15, -0.1) is 11.6 Å². The van der Waals surface area contributed by atoms with Crippen molar-refractivity contribution in [2.24, 2.45) is 0 Å². The lowest BCUT2D eigenvalue weighted by Gasteiger charge is -2.16. The van der Waals surface area contributed by atoms with Gasteiger partial charge in [-0.25, -0.2) is 0 Å². The van der Waals surface area contributed by atoms with E-state index in [4.69, 9.17) is 16.3 Å². The first-order chi connectivity index (χ1) is 9.16. The minimum absolute atomic E-state index is 0.183. The zero-order valence-corrected chi connectivity index (χ0v) is 14.5. The highest BCUT2D eigenvalue weighted by atomic mass is 127. The zero-order valence-electron chi connectivity index (χ0n) is 10.00. The van der Waals surface area contributed by atoms with Crippen molar-refractivity contribution in [3.8, 4) is 5.75 Å². The Morgan fingerprint density at radius 2 is 2.00 bits per heavy atom. The molecular formula is C15H11BrClIO. The number of benzene rings is 2. The van der Waals surface area contributed by atoms with E-state index in [0.717, 1.165) is 34.4 Å². The molecule has 3 rings (SSSR count). The van der Waals surface area contributed by atoms with E-state index in [1.807, 2.05) is 12.1 Å². The Bertz CT molecular complexity index is 630. The molecule has 19 heavy (non-hydrogen) atoms. The summed E-state index contributed by atoms with van der Waals surface area (Å²) in [5, 5.41) is -0.183. The molecule has 1 unspecified atom stereocenters. The average molecular weight is 450 g/mol. The molecule has 1 aliphatic rings. The van der Waals surface area contributed by atoms with Crippen LogP contribution in [0.4, 0.5) is 0 Å². The van der Waals surface area contributed by atoms with Gasteiger partial charge < -0.3 is 4.74 Å². The number of hydrogen-bond donors (Lipinski definition) is 0. The average Bonchev–Trinajstić information content (AvgIpc) is 2.85. The van der Waals surface area contributed by atoms with Crippen molar-refractivity contribution < 1.29 is 4.74 Å². The fraction of sp³-hybridized carbons (Fsp3) is 0.200. The SMILES string of the molecule is ClC(c1ccccc1I)c1cc(Br)cc2c1OCC2. The Hall–Kier alpha value is -0.260. The van der Waals surface area contributed by atoms with Crippen LogP contribution >= 0.6 is 50.1 Å². The van der Waals surface area contributed by atoms with Crippen molar-refractivity contribution in [2.75, 3.05) is 6.61 Å². The largest absolute Gasteiger partial charge is 0.493 e. The number of hydrogen-bond acceptors (Lipinski definition) is 1. The highest BCUT2D eigenvalue weighted by Gasteiger charge is 2.24. The van der Waals surface area contributed by atoms with Gasteiger partial charge in [-0.1, -0.05) is 34.1 Å². The Morgan fingerprint density at radius 1 is 1.21 bits per heavy atom. The van der Waals surface area contributed by atoms with Crippen LogP contribution in [0.5, 0.6) is 5.75 Å². The van der Waals surface area contributed by atoms with E-state index in [1.165, 1.54) is 9.13 Å². The molecule has 0 fully saturated rings. The van der Waals surface area contributed by atoms with Crippen LogP contribution < -0.4 is 4.74 Å². The van der Waals surface area contributed by atoms with Gasteiger partial charge >= 0.3 is 0 Å². The highest BCUT2D eigenvalue weighted by Crippen LogP contribution is 2.42. The van der Waals surface area contributed by atoms with E-state index < -0.39 is 0 Å². The smallest absolute Gasteiger partial charge is 0.127 e. The maximum absolute atomic E-state index is 6.69. The fourth-order valence-corrected chi connectivity index (χ4v) is 4.09. The highest BCUT2D eigenvalue weighted by molar-refractivity contribution is 14.1. The van der Waals surface area contributed by atoms with Crippen molar-refractivity contribution in [3.63, 3.8) is 0 Å². The molecule has 0 aromatic heterocycles. The second-order valence-electron chi connectivity index (χ2n) is 4.47. The Balaban J connectivity index is 2.10. The molecule has 4 heteroatoms.